The average Bonchev–Trinajstić information content (AvgIpc) is 3.11. The molecule has 0 saturated carbocycles. The molecule has 5 nitrogen and oxygen atoms in total. The van der Waals surface area contributed by atoms with Gasteiger partial charge in [0.15, 0.2) is 5.96 Å². The Hall–Kier alpha value is -0.670. The third-order valence-corrected chi connectivity index (χ3v) is 5.39. The number of guanidine groups is 1. The van der Waals surface area contributed by atoms with Crippen molar-refractivity contribution in [2.24, 2.45) is 4.99 Å². The van der Waals surface area contributed by atoms with Crippen LogP contribution in [0, 0.1) is 0 Å². The Labute approximate surface area is 179 Å². The summed E-state index contributed by atoms with van der Waals surface area (Å²) in [7, 11) is 4.10. The first kappa shape index (κ1) is 23.4. The molecule has 1 aliphatic heterocycles. The quantitative estimate of drug-likeness (QED) is 0.315. The van der Waals surface area contributed by atoms with Crippen LogP contribution in [0.3, 0.4) is 0 Å². The van der Waals surface area contributed by atoms with Gasteiger partial charge in [0.1, 0.15) is 12.4 Å². The number of benzene rings is 1. The number of hydrogen-bond donors (Lipinski definition) is 2. The van der Waals surface area contributed by atoms with E-state index in [9.17, 15) is 0 Å². The van der Waals surface area contributed by atoms with Crippen LogP contribution in [0.1, 0.15) is 25.3 Å². The largest absolute Gasteiger partial charge is 0.492 e. The highest BCUT2D eigenvalue weighted by molar-refractivity contribution is 14.0. The normalized spacial score (nSPS) is 17.1. The number of nitrogens with one attached hydrogen (secondary N) is 2. The molecule has 1 aliphatic rings. The van der Waals surface area contributed by atoms with E-state index in [2.05, 4.69) is 46.4 Å². The van der Waals surface area contributed by atoms with Gasteiger partial charge in [-0.25, -0.2) is 4.99 Å². The Morgan fingerprint density at radius 3 is 2.88 bits per heavy atom. The molecule has 2 N–H and O–H groups in total. The third-order valence-electron chi connectivity index (χ3n) is 3.99. The fraction of sp³-hybridized carbons (Fsp3) is 0.632. The van der Waals surface area contributed by atoms with Crippen LogP contribution < -0.4 is 15.4 Å². The van der Waals surface area contributed by atoms with Crippen LogP contribution in [-0.4, -0.2) is 62.2 Å². The maximum absolute atomic E-state index is 5.80. The molecule has 1 fully saturated rings. The Morgan fingerprint density at radius 1 is 1.35 bits per heavy atom. The zero-order valence-corrected chi connectivity index (χ0v) is 19.3. The van der Waals surface area contributed by atoms with Gasteiger partial charge in [-0.2, -0.15) is 11.8 Å². The number of thioether (sulfide) groups is 1. The van der Waals surface area contributed by atoms with Gasteiger partial charge in [-0.1, -0.05) is 12.1 Å². The number of likely N-dealkylation sites (N-methyl/N-ethyl adjacent to an activating group) is 1. The summed E-state index contributed by atoms with van der Waals surface area (Å²) in [6.45, 7) is 6.22. The first-order valence-electron chi connectivity index (χ1n) is 9.17. The Kier molecular flexibility index (Phi) is 12.1. The lowest BCUT2D eigenvalue weighted by Crippen LogP contribution is -2.40. The highest BCUT2D eigenvalue weighted by atomic mass is 127. The van der Waals surface area contributed by atoms with E-state index < -0.39 is 0 Å². The number of ether oxygens (including phenoxy) is 1. The number of halogens is 1. The molecule has 1 saturated heterocycles. The minimum Gasteiger partial charge on any atom is -0.492 e. The van der Waals surface area contributed by atoms with Gasteiger partial charge in [-0.15, -0.1) is 24.0 Å². The van der Waals surface area contributed by atoms with Crippen molar-refractivity contribution in [3.8, 4) is 5.75 Å². The summed E-state index contributed by atoms with van der Waals surface area (Å²) in [4.78, 5) is 6.83. The molecule has 26 heavy (non-hydrogen) atoms. The number of aliphatic imine (C=N–C) groups is 1. The van der Waals surface area contributed by atoms with Gasteiger partial charge < -0.3 is 20.3 Å². The molecule has 2 rings (SSSR count). The van der Waals surface area contributed by atoms with Crippen LogP contribution in [0.5, 0.6) is 5.75 Å². The summed E-state index contributed by atoms with van der Waals surface area (Å²) in [5, 5.41) is 7.53. The Balaban J connectivity index is 0.00000338. The third kappa shape index (κ3) is 9.32. The van der Waals surface area contributed by atoms with E-state index >= 15 is 0 Å². The lowest BCUT2D eigenvalue weighted by Gasteiger charge is -2.14. The summed E-state index contributed by atoms with van der Waals surface area (Å²) in [6, 6.07) is 8.21. The van der Waals surface area contributed by atoms with Gasteiger partial charge in [0.05, 0.1) is 6.54 Å². The fourth-order valence-electron chi connectivity index (χ4n) is 2.61. The zero-order valence-electron chi connectivity index (χ0n) is 16.2. The van der Waals surface area contributed by atoms with E-state index in [4.69, 9.17) is 9.73 Å². The minimum absolute atomic E-state index is 0. The molecular weight excluding hydrogens is 459 g/mol. The molecule has 7 heteroatoms. The first-order valence-corrected chi connectivity index (χ1v) is 10.2. The van der Waals surface area contributed by atoms with Crippen LogP contribution in [0.2, 0.25) is 0 Å². The standard InChI is InChI=1S/C19H32N4OS.HI/c1-4-20-19(22-15-18-9-6-12-25-18)21-14-16-7-5-8-17(13-16)24-11-10-23(2)3;/h5,7-8,13,18H,4,6,9-12,14-15H2,1-3H3,(H2,20,21,22);1H. The minimum atomic E-state index is 0. The molecule has 0 aliphatic carbocycles. The highest BCUT2D eigenvalue weighted by Gasteiger charge is 2.15. The van der Waals surface area contributed by atoms with Gasteiger partial charge in [0.25, 0.3) is 0 Å². The van der Waals surface area contributed by atoms with Crippen LogP contribution >= 0.6 is 35.7 Å². The number of hydrogen-bond acceptors (Lipinski definition) is 4. The summed E-state index contributed by atoms with van der Waals surface area (Å²) < 4.78 is 5.80. The van der Waals surface area contributed by atoms with Gasteiger partial charge in [0.2, 0.25) is 0 Å². The van der Waals surface area contributed by atoms with Gasteiger partial charge in [0, 0.05) is 24.9 Å². The van der Waals surface area contributed by atoms with Crippen molar-refractivity contribution >= 4 is 41.7 Å². The lowest BCUT2D eigenvalue weighted by molar-refractivity contribution is 0.261. The van der Waals surface area contributed by atoms with Crippen molar-refractivity contribution in [2.45, 2.75) is 31.6 Å². The van der Waals surface area contributed by atoms with Crippen LogP contribution in [0.25, 0.3) is 0 Å². The van der Waals surface area contributed by atoms with Crippen LogP contribution in [0.4, 0.5) is 0 Å². The fourth-order valence-corrected chi connectivity index (χ4v) is 3.81. The van der Waals surface area contributed by atoms with Crippen LogP contribution in [0.15, 0.2) is 29.3 Å². The molecule has 1 atom stereocenters. The van der Waals surface area contributed by atoms with Crippen molar-refractivity contribution in [1.29, 1.82) is 0 Å². The predicted octanol–water partition coefficient (Wildman–Crippen LogP) is 3.20. The van der Waals surface area contributed by atoms with E-state index in [1.165, 1.54) is 18.6 Å². The molecule has 0 amide bonds. The van der Waals surface area contributed by atoms with E-state index in [-0.39, 0.29) is 24.0 Å². The van der Waals surface area contributed by atoms with Crippen molar-refractivity contribution in [3.63, 3.8) is 0 Å². The molecule has 0 bridgehead atoms. The molecule has 1 aromatic rings. The molecule has 0 radical (unpaired) electrons. The Bertz CT molecular complexity index is 536. The predicted molar refractivity (Wildman–Crippen MR) is 124 cm³/mol. The Morgan fingerprint density at radius 2 is 2.19 bits per heavy atom. The second-order valence-corrected chi connectivity index (χ2v) is 7.92. The van der Waals surface area contributed by atoms with E-state index in [1.807, 2.05) is 26.2 Å². The maximum atomic E-state index is 5.80. The van der Waals surface area contributed by atoms with E-state index in [0.717, 1.165) is 42.2 Å². The zero-order chi connectivity index (χ0) is 17.9. The van der Waals surface area contributed by atoms with Gasteiger partial charge in [-0.3, -0.25) is 0 Å². The molecule has 1 heterocycles. The van der Waals surface area contributed by atoms with Crippen molar-refractivity contribution in [1.82, 2.24) is 15.5 Å². The second kappa shape index (κ2) is 13.5. The first-order chi connectivity index (χ1) is 12.2. The van der Waals surface area contributed by atoms with Crippen molar-refractivity contribution in [2.75, 3.05) is 46.1 Å². The molecule has 1 aromatic carbocycles. The van der Waals surface area contributed by atoms with E-state index in [1.54, 1.807) is 0 Å². The molecule has 148 valence electrons. The van der Waals surface area contributed by atoms with Crippen molar-refractivity contribution in [3.05, 3.63) is 29.8 Å². The second-order valence-electron chi connectivity index (χ2n) is 6.51. The molecular formula is C19H33IN4OS. The topological polar surface area (TPSA) is 48.9 Å². The SMILES string of the molecule is CCNC(=NCc1cccc(OCCN(C)C)c1)NCC1CCCS1.I. The average molecular weight is 492 g/mol. The summed E-state index contributed by atoms with van der Waals surface area (Å²) in [5.41, 5.74) is 1.16. The number of rotatable bonds is 9. The smallest absolute Gasteiger partial charge is 0.191 e. The number of nitrogens with zero attached hydrogens (tertiary/aromatic N) is 2. The van der Waals surface area contributed by atoms with Crippen LogP contribution in [-0.2, 0) is 6.54 Å². The van der Waals surface area contributed by atoms with Gasteiger partial charge in [-0.05, 0) is 57.3 Å². The molecule has 0 spiro atoms. The summed E-state index contributed by atoms with van der Waals surface area (Å²) in [5.74, 6) is 3.10. The highest BCUT2D eigenvalue weighted by Crippen LogP contribution is 2.25. The summed E-state index contributed by atoms with van der Waals surface area (Å²) >= 11 is 2.06. The monoisotopic (exact) mass is 492 g/mol. The lowest BCUT2D eigenvalue weighted by atomic mass is 10.2. The molecule has 1 unspecified atom stereocenters. The summed E-state index contributed by atoms with van der Waals surface area (Å²) in [6.07, 6.45) is 2.65. The van der Waals surface area contributed by atoms with Gasteiger partial charge >= 0.3 is 0 Å². The maximum Gasteiger partial charge on any atom is 0.191 e. The molecule has 0 aromatic heterocycles. The van der Waals surface area contributed by atoms with Crippen molar-refractivity contribution < 1.29 is 4.74 Å². The van der Waals surface area contributed by atoms with E-state index in [0.29, 0.717) is 13.2 Å².